The molecule has 0 saturated carbocycles. The molecule has 0 aliphatic carbocycles. The third-order valence-corrected chi connectivity index (χ3v) is 6.52. The predicted molar refractivity (Wildman–Crippen MR) is 154 cm³/mol. The molecule has 0 N–H and O–H groups in total. The van der Waals surface area contributed by atoms with E-state index in [-0.39, 0.29) is 70.6 Å². The first-order valence-electron chi connectivity index (χ1n) is 14.7. The summed E-state index contributed by atoms with van der Waals surface area (Å²) >= 11 is 0. The number of hydrogen-bond donors (Lipinski definition) is 0. The highest BCUT2D eigenvalue weighted by Gasteiger charge is 2.38. The maximum Gasteiger partial charge on any atom is 0.308 e. The van der Waals surface area contributed by atoms with E-state index in [9.17, 15) is 38.4 Å². The summed E-state index contributed by atoms with van der Waals surface area (Å²) in [6, 6.07) is 0. The topological polar surface area (TPSA) is 210 Å². The van der Waals surface area contributed by atoms with Crippen LogP contribution in [0.1, 0.15) is 77.6 Å². The Morgan fingerprint density at radius 3 is 1.04 bits per heavy atom. The monoisotopic (exact) mass is 662 g/mol. The molecule has 0 saturated heterocycles. The van der Waals surface area contributed by atoms with Gasteiger partial charge in [-0.1, -0.05) is 6.92 Å². The van der Waals surface area contributed by atoms with Crippen LogP contribution in [-0.2, 0) is 76.3 Å². The van der Waals surface area contributed by atoms with Crippen molar-refractivity contribution in [3.05, 3.63) is 0 Å². The molecule has 0 spiro atoms. The highest BCUT2D eigenvalue weighted by Crippen LogP contribution is 2.24. The van der Waals surface area contributed by atoms with E-state index in [0.29, 0.717) is 0 Å². The van der Waals surface area contributed by atoms with Crippen LogP contribution in [0.25, 0.3) is 0 Å². The fourth-order valence-electron chi connectivity index (χ4n) is 3.53. The quantitative estimate of drug-likeness (QED) is 0.106. The van der Waals surface area contributed by atoms with Crippen molar-refractivity contribution in [3.63, 3.8) is 0 Å². The first kappa shape index (κ1) is 41.8. The average Bonchev–Trinajstić information content (AvgIpc) is 3.05. The summed E-state index contributed by atoms with van der Waals surface area (Å²) in [6.45, 7) is -0.595. The molecule has 0 aromatic heterocycles. The van der Waals surface area contributed by atoms with Crippen LogP contribution >= 0.6 is 0 Å². The number of methoxy groups -OCH3 is 4. The maximum atomic E-state index is 12.8. The van der Waals surface area contributed by atoms with E-state index in [2.05, 4.69) is 18.9 Å². The van der Waals surface area contributed by atoms with Gasteiger partial charge in [-0.2, -0.15) is 0 Å². The van der Waals surface area contributed by atoms with E-state index < -0.39 is 85.5 Å². The van der Waals surface area contributed by atoms with E-state index in [1.54, 1.807) is 0 Å². The van der Waals surface area contributed by atoms with Crippen molar-refractivity contribution in [2.24, 2.45) is 11.3 Å². The second-order valence-electron chi connectivity index (χ2n) is 10.4. The second-order valence-corrected chi connectivity index (χ2v) is 10.4. The SMILES string of the molecule is COC(=O)CCCC(=O)OCC(COC(=O)CCCC(=O)OC)(COC(=O)CCCC(=O)OC)COC(=O)C(C)CCC(=O)OC. The van der Waals surface area contributed by atoms with Crippen LogP contribution < -0.4 is 0 Å². The minimum absolute atomic E-state index is 0.0375. The Hall–Kier alpha value is -4.24. The molecule has 262 valence electrons. The number of hydrogen-bond acceptors (Lipinski definition) is 16. The first-order valence-corrected chi connectivity index (χ1v) is 14.7. The Morgan fingerprint density at radius 2 is 0.717 bits per heavy atom. The van der Waals surface area contributed by atoms with E-state index in [1.165, 1.54) is 35.4 Å². The van der Waals surface area contributed by atoms with Gasteiger partial charge in [-0.3, -0.25) is 38.4 Å². The van der Waals surface area contributed by atoms with Crippen LogP contribution in [-0.4, -0.2) is 103 Å². The van der Waals surface area contributed by atoms with Gasteiger partial charge in [0.05, 0.1) is 34.4 Å². The zero-order valence-electron chi connectivity index (χ0n) is 27.2. The molecule has 0 radical (unpaired) electrons. The van der Waals surface area contributed by atoms with E-state index in [4.69, 9.17) is 18.9 Å². The number of esters is 8. The zero-order valence-corrected chi connectivity index (χ0v) is 27.2. The predicted octanol–water partition coefficient (Wildman–Crippen LogP) is 1.76. The molecule has 1 unspecified atom stereocenters. The third-order valence-electron chi connectivity index (χ3n) is 6.52. The maximum absolute atomic E-state index is 12.8. The van der Waals surface area contributed by atoms with Gasteiger partial charge >= 0.3 is 47.8 Å². The van der Waals surface area contributed by atoms with Crippen LogP contribution in [0.5, 0.6) is 0 Å². The normalized spacial score (nSPS) is 11.3. The smallest absolute Gasteiger partial charge is 0.308 e. The van der Waals surface area contributed by atoms with Gasteiger partial charge < -0.3 is 37.9 Å². The van der Waals surface area contributed by atoms with Crippen molar-refractivity contribution in [2.75, 3.05) is 54.9 Å². The summed E-state index contributed by atoms with van der Waals surface area (Å²) < 4.78 is 39.8. The molecule has 1 atom stereocenters. The van der Waals surface area contributed by atoms with Crippen LogP contribution in [0.2, 0.25) is 0 Å². The number of rotatable bonds is 24. The molecular weight excluding hydrogens is 616 g/mol. The van der Waals surface area contributed by atoms with Crippen molar-refractivity contribution >= 4 is 47.8 Å². The fourth-order valence-corrected chi connectivity index (χ4v) is 3.53. The summed E-state index contributed by atoms with van der Waals surface area (Å²) in [5.41, 5.74) is -1.58. The Balaban J connectivity index is 5.83. The molecule has 0 heterocycles. The molecule has 16 nitrogen and oxygen atoms in total. The minimum Gasteiger partial charge on any atom is -0.469 e. The van der Waals surface area contributed by atoms with Gasteiger partial charge in [-0.05, 0) is 25.7 Å². The Bertz CT molecular complexity index is 927. The summed E-state index contributed by atoms with van der Waals surface area (Å²) in [4.78, 5) is 95.9. The molecule has 16 heteroatoms. The van der Waals surface area contributed by atoms with Crippen LogP contribution in [0.3, 0.4) is 0 Å². The van der Waals surface area contributed by atoms with Crippen molar-refractivity contribution < 1.29 is 76.3 Å². The fraction of sp³-hybridized carbons (Fsp3) is 0.733. The van der Waals surface area contributed by atoms with E-state index in [1.807, 2.05) is 0 Å². The van der Waals surface area contributed by atoms with Crippen molar-refractivity contribution in [1.29, 1.82) is 0 Å². The van der Waals surface area contributed by atoms with Crippen LogP contribution in [0, 0.1) is 11.3 Å². The Kier molecular flexibility index (Phi) is 21.8. The third kappa shape index (κ3) is 19.9. The van der Waals surface area contributed by atoms with Gasteiger partial charge in [0.15, 0.2) is 0 Å². The molecule has 46 heavy (non-hydrogen) atoms. The molecule has 0 fully saturated rings. The molecule has 0 aliphatic heterocycles. The van der Waals surface area contributed by atoms with Crippen molar-refractivity contribution in [1.82, 2.24) is 0 Å². The molecule has 0 bridgehead atoms. The molecular formula is C30H46O16. The molecule has 0 aromatic rings. The van der Waals surface area contributed by atoms with E-state index in [0.717, 1.165) is 0 Å². The lowest BCUT2D eigenvalue weighted by atomic mass is 9.91. The summed E-state index contributed by atoms with van der Waals surface area (Å²) in [6.07, 6.45) is -0.201. The first-order chi connectivity index (χ1) is 21.8. The Labute approximate surface area is 268 Å². The van der Waals surface area contributed by atoms with Gasteiger partial charge in [-0.25, -0.2) is 0 Å². The van der Waals surface area contributed by atoms with Crippen molar-refractivity contribution in [2.45, 2.75) is 77.6 Å². The standard InChI is InChI=1S/C30H46O16/c1-21(15-16-25(34)42-5)29(38)46-20-30(17-43-26(35)12-6-9-22(31)39-2,18-44-27(36)13-7-10-23(32)40-3)19-45-28(37)14-8-11-24(33)41-4/h21H,6-20H2,1-5H3. The van der Waals surface area contributed by atoms with Crippen LogP contribution in [0.15, 0.2) is 0 Å². The number of carbonyl (C=O) groups is 8. The Morgan fingerprint density at radius 1 is 0.435 bits per heavy atom. The van der Waals surface area contributed by atoms with E-state index >= 15 is 0 Å². The minimum atomic E-state index is -1.58. The van der Waals surface area contributed by atoms with Gasteiger partial charge in [-0.15, -0.1) is 0 Å². The van der Waals surface area contributed by atoms with Gasteiger partial charge in [0.25, 0.3) is 0 Å². The summed E-state index contributed by atoms with van der Waals surface area (Å²) in [5.74, 6) is -5.77. The molecule has 0 aliphatic rings. The van der Waals surface area contributed by atoms with Gasteiger partial charge in [0, 0.05) is 44.9 Å². The average molecular weight is 663 g/mol. The van der Waals surface area contributed by atoms with Gasteiger partial charge in [0.1, 0.15) is 31.8 Å². The lowest BCUT2D eigenvalue weighted by molar-refractivity contribution is -0.172. The zero-order chi connectivity index (χ0) is 35.0. The molecule has 0 rings (SSSR count). The van der Waals surface area contributed by atoms with Gasteiger partial charge in [0.2, 0.25) is 0 Å². The lowest BCUT2D eigenvalue weighted by Crippen LogP contribution is -2.44. The lowest BCUT2D eigenvalue weighted by Gasteiger charge is -2.32. The summed E-state index contributed by atoms with van der Waals surface area (Å²) in [7, 11) is 4.84. The number of ether oxygens (including phenoxy) is 8. The highest BCUT2D eigenvalue weighted by atomic mass is 16.6. The van der Waals surface area contributed by atoms with Crippen LogP contribution in [0.4, 0.5) is 0 Å². The molecule has 0 amide bonds. The molecule has 0 aromatic carbocycles. The number of carbonyl (C=O) groups excluding carboxylic acids is 8. The summed E-state index contributed by atoms with van der Waals surface area (Å²) in [5, 5.41) is 0. The largest absolute Gasteiger partial charge is 0.469 e. The highest BCUT2D eigenvalue weighted by molar-refractivity contribution is 5.75. The van der Waals surface area contributed by atoms with Crippen molar-refractivity contribution in [3.8, 4) is 0 Å². The second kappa shape index (κ2) is 24.1.